The average Bonchev–Trinajstić information content (AvgIpc) is 1.91. The molecule has 6 N–H and O–H groups in total. The molecule has 8 heavy (non-hydrogen) atoms. The van der Waals surface area contributed by atoms with Crippen LogP contribution in [0.2, 0.25) is 0 Å². The van der Waals surface area contributed by atoms with E-state index in [9.17, 15) is 5.11 Å². The second-order valence-corrected chi connectivity index (χ2v) is 0.906. The van der Waals surface area contributed by atoms with Gasteiger partial charge in [0.1, 0.15) is 6.01 Å². The van der Waals surface area contributed by atoms with Gasteiger partial charge in [-0.05, 0) is 10.4 Å². The van der Waals surface area contributed by atoms with Crippen molar-refractivity contribution in [3.05, 3.63) is 0 Å². The van der Waals surface area contributed by atoms with Crippen molar-refractivity contribution in [3.63, 3.8) is 0 Å². The number of rotatable bonds is 0. The molecule has 0 amide bonds. The lowest BCUT2D eigenvalue weighted by atomic mass is 11.2. The Morgan fingerprint density at radius 3 is 2.38 bits per heavy atom. The van der Waals surface area contributed by atoms with E-state index in [0.717, 1.165) is 0 Å². The maximum Gasteiger partial charge on any atom is 0.130 e. The summed E-state index contributed by atoms with van der Waals surface area (Å²) in [7, 11) is 0. The number of nitrogens with two attached hydrogens (primary N) is 1. The zero-order valence-electron chi connectivity index (χ0n) is 4.27. The summed E-state index contributed by atoms with van der Waals surface area (Å²) in [6, 6.07) is -0.639. The molecule has 1 rings (SSSR count). The molecule has 46 valence electrons. The molecule has 7 nitrogen and oxygen atoms in total. The maximum atomic E-state index is 10.0. The first kappa shape index (κ1) is 6.63. The second-order valence-electron chi connectivity index (χ2n) is 0.906. The predicted molar refractivity (Wildman–Crippen MR) is 23.4 cm³/mol. The Hall–Kier alpha value is -1.37. The van der Waals surface area contributed by atoms with Gasteiger partial charge in [-0.15, -0.1) is 5.10 Å². The molecule has 0 spiro atoms. The molecular weight excluding hydrogens is 112 g/mol. The first-order chi connectivity index (χ1) is 3.30. The van der Waals surface area contributed by atoms with E-state index >= 15 is 0 Å². The van der Waals surface area contributed by atoms with Gasteiger partial charge in [0.2, 0.25) is 0 Å². The highest BCUT2D eigenvalue weighted by Crippen LogP contribution is 1.81. The summed E-state index contributed by atoms with van der Waals surface area (Å²) in [6.07, 6.45) is 0. The van der Waals surface area contributed by atoms with Crippen molar-refractivity contribution in [2.45, 2.75) is 0 Å². The van der Waals surface area contributed by atoms with Gasteiger partial charge >= 0.3 is 0 Å². The van der Waals surface area contributed by atoms with E-state index < -0.39 is 6.01 Å². The van der Waals surface area contributed by atoms with E-state index in [2.05, 4.69) is 15.5 Å². The molecule has 0 fully saturated rings. The van der Waals surface area contributed by atoms with Crippen LogP contribution in [0.4, 0.5) is 0 Å². The monoisotopic (exact) mass is 118 g/mol. The number of tetrazole rings is 1. The molecule has 0 aliphatic carbocycles. The normalized spacial score (nSPS) is 8.00. The minimum atomic E-state index is -0.639. The molecule has 1 aromatic rings. The van der Waals surface area contributed by atoms with Crippen molar-refractivity contribution in [1.29, 1.82) is 0 Å². The van der Waals surface area contributed by atoms with Crippen LogP contribution in [0.15, 0.2) is 0 Å². The Morgan fingerprint density at radius 1 is 1.62 bits per heavy atom. The third-order valence-corrected chi connectivity index (χ3v) is 0.463. The van der Waals surface area contributed by atoms with Gasteiger partial charge in [0, 0.05) is 0 Å². The lowest BCUT2D eigenvalue weighted by Crippen LogP contribution is -2.14. The molecule has 0 radical (unpaired) electrons. The van der Waals surface area contributed by atoms with Crippen molar-refractivity contribution >= 4 is 0 Å². The quantitative estimate of drug-likeness (QED) is 0.374. The highest BCUT2D eigenvalue weighted by Gasteiger charge is 1.81. The molecule has 0 saturated carbocycles. The summed E-state index contributed by atoms with van der Waals surface area (Å²) in [6.45, 7) is 0. The molecule has 0 atom stereocenters. The van der Waals surface area contributed by atoms with Crippen molar-refractivity contribution < 1.29 is 5.11 Å². The van der Waals surface area contributed by atoms with Crippen molar-refractivity contribution in [2.24, 2.45) is 0 Å². The standard InChI is InChI=1S/CH3N5O.H3N/c2-6-1(7)3-4-5-6;/h2H2,(H,3,5,7);1H3. The molecule has 0 aromatic carbocycles. The maximum absolute atomic E-state index is 10.0. The molecule has 0 aliphatic rings. The van der Waals surface area contributed by atoms with Crippen molar-refractivity contribution in [2.75, 3.05) is 5.84 Å². The molecule has 1 heterocycles. The van der Waals surface area contributed by atoms with Crippen LogP contribution in [-0.4, -0.2) is 20.3 Å². The summed E-state index contributed by atoms with van der Waals surface area (Å²) < 4.78 is 0. The van der Waals surface area contributed by atoms with Gasteiger partial charge in [-0.25, -0.2) is 0 Å². The Bertz CT molecular complexity index is 141. The summed E-state index contributed by atoms with van der Waals surface area (Å²) >= 11 is 0. The Kier molecular flexibility index (Phi) is 1.72. The molecule has 7 heteroatoms. The van der Waals surface area contributed by atoms with Crippen LogP contribution in [0, 0.1) is 0 Å². The highest BCUT2D eigenvalue weighted by molar-refractivity contribution is 4.77. The van der Waals surface area contributed by atoms with Crippen LogP contribution < -0.4 is 17.1 Å². The largest absolute Gasteiger partial charge is 0.842 e. The van der Waals surface area contributed by atoms with Gasteiger partial charge in [-0.1, -0.05) is 0 Å². The third-order valence-electron chi connectivity index (χ3n) is 0.463. The van der Waals surface area contributed by atoms with Crippen LogP contribution in [-0.2, 0) is 0 Å². The number of hydrogen-bond donors (Lipinski definition) is 2. The second kappa shape index (κ2) is 2.07. The van der Waals surface area contributed by atoms with Gasteiger partial charge in [0.25, 0.3) is 0 Å². The summed E-state index contributed by atoms with van der Waals surface area (Å²) in [5.74, 6) is 4.81. The fourth-order valence-corrected chi connectivity index (χ4v) is 0.185. The highest BCUT2D eigenvalue weighted by atomic mass is 16.3. The van der Waals surface area contributed by atoms with Crippen LogP contribution in [0.1, 0.15) is 0 Å². The fourth-order valence-electron chi connectivity index (χ4n) is 0.185. The zero-order chi connectivity index (χ0) is 5.28. The van der Waals surface area contributed by atoms with E-state index in [1.54, 1.807) is 0 Å². The van der Waals surface area contributed by atoms with E-state index in [4.69, 9.17) is 5.84 Å². The van der Waals surface area contributed by atoms with Crippen LogP contribution >= 0.6 is 0 Å². The Morgan fingerprint density at radius 2 is 2.25 bits per heavy atom. The lowest BCUT2D eigenvalue weighted by Gasteiger charge is -1.95. The van der Waals surface area contributed by atoms with Crippen LogP contribution in [0.5, 0.6) is 6.01 Å². The first-order valence-corrected chi connectivity index (χ1v) is 1.51. The molecule has 0 bridgehead atoms. The molecule has 0 saturated heterocycles. The summed E-state index contributed by atoms with van der Waals surface area (Å²) in [5.41, 5.74) is 0. The van der Waals surface area contributed by atoms with Crippen molar-refractivity contribution in [3.8, 4) is 6.01 Å². The van der Waals surface area contributed by atoms with Crippen LogP contribution in [0.3, 0.4) is 0 Å². The Balaban J connectivity index is 0.000000490. The predicted octanol–water partition coefficient (Wildman–Crippen LogP) is -2.16. The SMILES string of the molecule is Nn1nnnc1[O-].[NH4+]. The number of nitrogens with zero attached hydrogens (tertiary/aromatic N) is 4. The molecule has 0 aliphatic heterocycles. The topological polar surface area (TPSA) is 129 Å². The van der Waals surface area contributed by atoms with Gasteiger partial charge in [0.15, 0.2) is 0 Å². The molecular formula is CH6N6O. The number of quaternary nitrogens is 1. The van der Waals surface area contributed by atoms with Gasteiger partial charge < -0.3 is 17.1 Å². The summed E-state index contributed by atoms with van der Waals surface area (Å²) in [4.78, 5) is 0.556. The fraction of sp³-hybridized carbons (Fsp3) is 0. The number of nitrogen functional groups attached to an aromatic ring is 1. The molecule has 1 aromatic heterocycles. The number of aromatic nitrogens is 4. The smallest absolute Gasteiger partial charge is 0.130 e. The van der Waals surface area contributed by atoms with Gasteiger partial charge in [0.05, 0.1) is 0 Å². The van der Waals surface area contributed by atoms with E-state index in [-0.39, 0.29) is 6.15 Å². The Labute approximate surface area is 44.7 Å². The first-order valence-electron chi connectivity index (χ1n) is 1.51. The third kappa shape index (κ3) is 0.819. The van der Waals surface area contributed by atoms with E-state index in [0.29, 0.717) is 4.79 Å². The minimum absolute atomic E-state index is 0. The minimum Gasteiger partial charge on any atom is -0.842 e. The number of hydrogen-bond acceptors (Lipinski definition) is 5. The molecule has 0 unspecified atom stereocenters. The van der Waals surface area contributed by atoms with Crippen LogP contribution in [0.25, 0.3) is 0 Å². The van der Waals surface area contributed by atoms with Gasteiger partial charge in [-0.2, -0.15) is 4.79 Å². The average molecular weight is 118 g/mol. The summed E-state index contributed by atoms with van der Waals surface area (Å²) in [5, 5.41) is 18.9. The van der Waals surface area contributed by atoms with E-state index in [1.807, 2.05) is 0 Å². The van der Waals surface area contributed by atoms with Crippen molar-refractivity contribution in [1.82, 2.24) is 26.5 Å². The van der Waals surface area contributed by atoms with E-state index in [1.165, 1.54) is 0 Å². The van der Waals surface area contributed by atoms with Gasteiger partial charge in [-0.3, -0.25) is 0 Å². The zero-order valence-corrected chi connectivity index (χ0v) is 4.27. The lowest BCUT2D eigenvalue weighted by molar-refractivity contribution is -0.285.